The number of amides is 1. The highest BCUT2D eigenvalue weighted by Gasteiger charge is 2.25. The maximum Gasteiger partial charge on any atom is 0.276 e. The molecule has 2 aromatic heterocycles. The molecule has 4 rings (SSSR count). The molecule has 208 valence electrons. The Morgan fingerprint density at radius 2 is 1.97 bits per heavy atom. The minimum atomic E-state index is -0.761. The molecule has 39 heavy (non-hydrogen) atoms. The van der Waals surface area contributed by atoms with Crippen molar-refractivity contribution in [2.24, 2.45) is 11.0 Å². The number of anilines is 3. The van der Waals surface area contributed by atoms with E-state index in [1.165, 1.54) is 0 Å². The van der Waals surface area contributed by atoms with Crippen LogP contribution in [0.15, 0.2) is 41.6 Å². The summed E-state index contributed by atoms with van der Waals surface area (Å²) in [5.41, 5.74) is 16.4. The average molecular weight is 539 g/mol. The van der Waals surface area contributed by atoms with Gasteiger partial charge in [0.05, 0.1) is 17.7 Å². The van der Waals surface area contributed by atoms with E-state index in [4.69, 9.17) is 20.7 Å². The molecule has 0 spiro atoms. The van der Waals surface area contributed by atoms with Gasteiger partial charge < -0.3 is 25.8 Å². The third-order valence-corrected chi connectivity index (χ3v) is 6.57. The SMILES string of the molecule is CCCCOCCOc1ccc2cc(Nc3nc(N[C@@H]4CCCCC4N)c(F)cc3C(=O)NN=N)ccc2n1. The van der Waals surface area contributed by atoms with E-state index in [2.05, 4.69) is 32.7 Å². The molecular weight excluding hydrogens is 503 g/mol. The summed E-state index contributed by atoms with van der Waals surface area (Å²) in [5, 5.41) is 9.96. The number of unbranched alkanes of at least 4 members (excludes halogenated alkanes) is 1. The van der Waals surface area contributed by atoms with Crippen LogP contribution in [0, 0.1) is 11.3 Å². The number of aromatic nitrogens is 2. The zero-order chi connectivity index (χ0) is 27.6. The maximum atomic E-state index is 15.0. The lowest BCUT2D eigenvalue weighted by atomic mass is 9.91. The first-order chi connectivity index (χ1) is 19.0. The first-order valence-corrected chi connectivity index (χ1v) is 13.3. The van der Waals surface area contributed by atoms with E-state index in [0.717, 1.165) is 62.1 Å². The van der Waals surface area contributed by atoms with Crippen molar-refractivity contribution in [2.45, 2.75) is 57.5 Å². The summed E-state index contributed by atoms with van der Waals surface area (Å²) in [6, 6.07) is 9.92. The van der Waals surface area contributed by atoms with Crippen molar-refractivity contribution >= 4 is 34.1 Å². The number of pyridine rings is 2. The van der Waals surface area contributed by atoms with Gasteiger partial charge in [0.15, 0.2) is 11.6 Å². The molecule has 12 heteroatoms. The number of hydrogen-bond donors (Lipinski definition) is 5. The highest BCUT2D eigenvalue weighted by atomic mass is 19.1. The molecule has 2 atom stereocenters. The van der Waals surface area contributed by atoms with Gasteiger partial charge in [-0.05, 0) is 49.6 Å². The summed E-state index contributed by atoms with van der Waals surface area (Å²) in [5.74, 6) is -0.846. The van der Waals surface area contributed by atoms with Crippen LogP contribution in [0.5, 0.6) is 5.88 Å². The van der Waals surface area contributed by atoms with Gasteiger partial charge in [-0.1, -0.05) is 31.4 Å². The zero-order valence-electron chi connectivity index (χ0n) is 22.0. The summed E-state index contributed by atoms with van der Waals surface area (Å²) >= 11 is 0. The van der Waals surface area contributed by atoms with Gasteiger partial charge in [-0.2, -0.15) is 5.53 Å². The van der Waals surface area contributed by atoms with Crippen LogP contribution in [-0.2, 0) is 4.74 Å². The van der Waals surface area contributed by atoms with Crippen LogP contribution in [0.25, 0.3) is 10.9 Å². The van der Waals surface area contributed by atoms with E-state index in [1.54, 1.807) is 12.1 Å². The molecule has 0 saturated heterocycles. The number of halogens is 1. The number of carbonyl (C=O) groups is 1. The van der Waals surface area contributed by atoms with Crippen molar-refractivity contribution in [1.82, 2.24) is 15.4 Å². The molecule has 0 radical (unpaired) electrons. The van der Waals surface area contributed by atoms with Crippen LogP contribution in [-0.4, -0.2) is 47.8 Å². The van der Waals surface area contributed by atoms with Crippen LogP contribution >= 0.6 is 0 Å². The number of nitrogens with one attached hydrogen (secondary N) is 4. The first kappa shape index (κ1) is 28.1. The molecule has 3 aromatic rings. The minimum absolute atomic E-state index is 0.00197. The van der Waals surface area contributed by atoms with Crippen LogP contribution in [0.4, 0.5) is 21.7 Å². The van der Waals surface area contributed by atoms with Gasteiger partial charge in [-0.25, -0.2) is 19.8 Å². The van der Waals surface area contributed by atoms with Crippen molar-refractivity contribution in [3.63, 3.8) is 0 Å². The Hall–Kier alpha value is -3.90. The maximum absolute atomic E-state index is 15.0. The Morgan fingerprint density at radius 3 is 2.77 bits per heavy atom. The van der Waals surface area contributed by atoms with E-state index in [0.29, 0.717) is 24.8 Å². The lowest BCUT2D eigenvalue weighted by molar-refractivity contribution is 0.0950. The van der Waals surface area contributed by atoms with Crippen molar-refractivity contribution in [2.75, 3.05) is 30.5 Å². The van der Waals surface area contributed by atoms with Gasteiger partial charge in [0.1, 0.15) is 12.4 Å². The van der Waals surface area contributed by atoms with E-state index in [9.17, 15) is 9.18 Å². The number of hydrogen-bond acceptors (Lipinski definition) is 10. The Labute approximate surface area is 226 Å². The van der Waals surface area contributed by atoms with Gasteiger partial charge in [0, 0.05) is 35.8 Å². The number of nitrogens with zero attached hydrogens (tertiary/aromatic N) is 3. The van der Waals surface area contributed by atoms with Gasteiger partial charge in [-0.3, -0.25) is 4.79 Å². The number of fused-ring (bicyclic) bond motifs is 1. The monoisotopic (exact) mass is 538 g/mol. The first-order valence-electron chi connectivity index (χ1n) is 13.3. The standard InChI is InChI=1S/C27H35FN8O3/c1-2-3-12-38-13-14-39-24-11-8-17-15-18(9-10-22(17)32-24)31-25-19(27(37)35-36-30)16-20(28)26(34-25)33-23-7-5-4-6-21(23)29/h8-11,15-16,21,23H,2-7,12-14,29H2,1H3,(H2,30,35,37)(H2,31,33,34)/t21?,23-/m1/s1. The molecular formula is C27H35FN8O3. The molecule has 1 aliphatic rings. The largest absolute Gasteiger partial charge is 0.475 e. The molecule has 1 aromatic carbocycles. The van der Waals surface area contributed by atoms with E-state index >= 15 is 0 Å². The summed E-state index contributed by atoms with van der Waals surface area (Å²) in [6.07, 6.45) is 5.80. The van der Waals surface area contributed by atoms with Crippen LogP contribution in [0.2, 0.25) is 0 Å². The molecule has 6 N–H and O–H groups in total. The van der Waals surface area contributed by atoms with Gasteiger partial charge >= 0.3 is 0 Å². The molecule has 2 heterocycles. The second-order valence-electron chi connectivity index (χ2n) is 9.46. The predicted molar refractivity (Wildman–Crippen MR) is 147 cm³/mol. The van der Waals surface area contributed by atoms with Crippen molar-refractivity contribution in [3.05, 3.63) is 47.8 Å². The number of nitrogens with two attached hydrogens (primary N) is 1. The summed E-state index contributed by atoms with van der Waals surface area (Å²) in [7, 11) is 0. The van der Waals surface area contributed by atoms with Crippen molar-refractivity contribution in [1.29, 1.82) is 5.53 Å². The normalized spacial score (nSPS) is 17.0. The third-order valence-electron chi connectivity index (χ3n) is 6.57. The third kappa shape index (κ3) is 7.58. The number of rotatable bonds is 13. The highest BCUT2D eigenvalue weighted by Crippen LogP contribution is 2.28. The highest BCUT2D eigenvalue weighted by molar-refractivity contribution is 5.99. The van der Waals surface area contributed by atoms with Gasteiger partial charge in [0.2, 0.25) is 5.88 Å². The Morgan fingerprint density at radius 1 is 1.13 bits per heavy atom. The lowest BCUT2D eigenvalue weighted by Crippen LogP contribution is -2.43. The zero-order valence-corrected chi connectivity index (χ0v) is 22.0. The van der Waals surface area contributed by atoms with E-state index in [-0.39, 0.29) is 29.3 Å². The summed E-state index contributed by atoms with van der Waals surface area (Å²) in [6.45, 7) is 3.75. The summed E-state index contributed by atoms with van der Waals surface area (Å²) < 4.78 is 26.2. The van der Waals surface area contributed by atoms with Crippen molar-refractivity contribution in [3.8, 4) is 5.88 Å². The van der Waals surface area contributed by atoms with Crippen LogP contribution in [0.1, 0.15) is 55.8 Å². The number of benzene rings is 1. The molecule has 1 unspecified atom stereocenters. The van der Waals surface area contributed by atoms with Crippen molar-refractivity contribution < 1.29 is 18.7 Å². The molecule has 1 amide bonds. The molecule has 1 fully saturated rings. The van der Waals surface area contributed by atoms with Crippen LogP contribution in [0.3, 0.4) is 0 Å². The topological polar surface area (TPSA) is 160 Å². The molecule has 0 aliphatic heterocycles. The fraction of sp³-hybridized carbons (Fsp3) is 0.444. The smallest absolute Gasteiger partial charge is 0.276 e. The van der Waals surface area contributed by atoms with Gasteiger partial charge in [-0.15, -0.1) is 0 Å². The fourth-order valence-corrected chi connectivity index (χ4v) is 4.44. The quantitative estimate of drug-likeness (QED) is 0.115. The molecule has 0 bridgehead atoms. The van der Waals surface area contributed by atoms with E-state index in [1.807, 2.05) is 23.6 Å². The average Bonchev–Trinajstić information content (AvgIpc) is 2.93. The fourth-order valence-electron chi connectivity index (χ4n) is 4.44. The lowest BCUT2D eigenvalue weighted by Gasteiger charge is -2.30. The second kappa shape index (κ2) is 13.8. The summed E-state index contributed by atoms with van der Waals surface area (Å²) in [4.78, 5) is 21.5. The number of ether oxygens (including phenoxy) is 2. The second-order valence-corrected chi connectivity index (χ2v) is 9.46. The Bertz CT molecular complexity index is 1290. The molecule has 11 nitrogen and oxygen atoms in total. The molecule has 1 aliphatic carbocycles. The Balaban J connectivity index is 1.52. The van der Waals surface area contributed by atoms with Gasteiger partial charge in [0.25, 0.3) is 5.91 Å². The predicted octanol–water partition coefficient (Wildman–Crippen LogP) is 5.07. The van der Waals surface area contributed by atoms with Crippen LogP contribution < -0.4 is 26.5 Å². The molecule has 1 saturated carbocycles. The Kier molecular flexibility index (Phi) is 9.92. The minimum Gasteiger partial charge on any atom is -0.475 e. The van der Waals surface area contributed by atoms with E-state index < -0.39 is 11.7 Å². The number of carbonyl (C=O) groups excluding carboxylic acids is 1.